The molecule has 0 bridgehead atoms. The average molecular weight is 425 g/mol. The minimum absolute atomic E-state index is 0.0145. The van der Waals surface area contributed by atoms with Crippen LogP contribution in [0.1, 0.15) is 44.7 Å². The molecule has 31 heavy (non-hydrogen) atoms. The van der Waals surface area contributed by atoms with Crippen LogP contribution in [0, 0.1) is 0 Å². The highest BCUT2D eigenvalue weighted by Gasteiger charge is 2.28. The van der Waals surface area contributed by atoms with E-state index < -0.39 is 6.04 Å². The lowest BCUT2D eigenvalue weighted by molar-refractivity contribution is -0.140. The Kier molecular flexibility index (Phi) is 7.93. The maximum absolute atomic E-state index is 13.3. The minimum atomic E-state index is -0.477. The zero-order valence-electron chi connectivity index (χ0n) is 18.6. The lowest BCUT2D eigenvalue weighted by Crippen LogP contribution is -2.51. The summed E-state index contributed by atoms with van der Waals surface area (Å²) < 4.78 is 10.8. The number of carbonyl (C=O) groups excluding carboxylic acids is 2. The van der Waals surface area contributed by atoms with Crippen LogP contribution in [-0.4, -0.2) is 42.1 Å². The van der Waals surface area contributed by atoms with Crippen LogP contribution in [0.2, 0.25) is 0 Å². The molecule has 1 aliphatic heterocycles. The van der Waals surface area contributed by atoms with Crippen molar-refractivity contribution in [2.45, 2.75) is 58.5 Å². The van der Waals surface area contributed by atoms with Crippen LogP contribution >= 0.6 is 0 Å². The van der Waals surface area contributed by atoms with Crippen molar-refractivity contribution in [3.05, 3.63) is 59.7 Å². The summed E-state index contributed by atoms with van der Waals surface area (Å²) in [6.45, 7) is 6.55. The van der Waals surface area contributed by atoms with Gasteiger partial charge in [-0.05, 0) is 56.4 Å². The molecule has 2 amide bonds. The first-order chi connectivity index (χ1) is 15.0. The van der Waals surface area contributed by atoms with Crippen LogP contribution in [0.15, 0.2) is 48.5 Å². The van der Waals surface area contributed by atoms with E-state index in [1.807, 2.05) is 69.3 Å². The predicted molar refractivity (Wildman–Crippen MR) is 120 cm³/mol. The zero-order chi connectivity index (χ0) is 22.2. The van der Waals surface area contributed by atoms with Gasteiger partial charge in [-0.1, -0.05) is 43.3 Å². The molecule has 0 saturated heterocycles. The molecule has 2 aromatic rings. The van der Waals surface area contributed by atoms with Crippen LogP contribution in [-0.2, 0) is 22.4 Å². The van der Waals surface area contributed by atoms with Gasteiger partial charge in [0.1, 0.15) is 6.04 Å². The summed E-state index contributed by atoms with van der Waals surface area (Å²) in [5.41, 5.74) is 2.16. The number of benzene rings is 2. The molecule has 0 fully saturated rings. The number of amides is 2. The Morgan fingerprint density at radius 3 is 2.45 bits per heavy atom. The Morgan fingerprint density at radius 2 is 1.74 bits per heavy atom. The molecule has 2 aromatic carbocycles. The third-order valence-electron chi connectivity index (χ3n) is 5.37. The second kappa shape index (κ2) is 10.8. The van der Waals surface area contributed by atoms with Gasteiger partial charge in [-0.15, -0.1) is 0 Å². The van der Waals surface area contributed by atoms with E-state index in [0.717, 1.165) is 16.9 Å². The van der Waals surface area contributed by atoms with Crippen molar-refractivity contribution in [1.29, 1.82) is 0 Å². The van der Waals surface area contributed by atoms with Crippen LogP contribution in [0.25, 0.3) is 0 Å². The number of hydrogen-bond donors (Lipinski definition) is 1. The fraction of sp³-hybridized carbons (Fsp3) is 0.440. The van der Waals surface area contributed by atoms with E-state index in [4.69, 9.17) is 9.47 Å². The largest absolute Gasteiger partial charge is 0.454 e. The van der Waals surface area contributed by atoms with Gasteiger partial charge >= 0.3 is 0 Å². The van der Waals surface area contributed by atoms with E-state index in [0.29, 0.717) is 38.0 Å². The van der Waals surface area contributed by atoms with E-state index in [1.54, 1.807) is 4.90 Å². The average Bonchev–Trinajstić information content (AvgIpc) is 3.23. The molecular formula is C25H32N2O4. The zero-order valence-corrected chi connectivity index (χ0v) is 18.6. The maximum atomic E-state index is 13.3. The highest BCUT2D eigenvalue weighted by atomic mass is 16.7. The van der Waals surface area contributed by atoms with Gasteiger partial charge < -0.3 is 19.7 Å². The molecule has 1 atom stereocenters. The van der Waals surface area contributed by atoms with Gasteiger partial charge in [-0.3, -0.25) is 9.59 Å². The Labute approximate surface area is 184 Å². The first-order valence-corrected chi connectivity index (χ1v) is 11.0. The second-order valence-corrected chi connectivity index (χ2v) is 8.10. The minimum Gasteiger partial charge on any atom is -0.454 e. The summed E-state index contributed by atoms with van der Waals surface area (Å²) >= 11 is 0. The molecule has 3 rings (SSSR count). The van der Waals surface area contributed by atoms with Crippen LogP contribution < -0.4 is 14.8 Å². The van der Waals surface area contributed by atoms with Gasteiger partial charge in [-0.2, -0.15) is 0 Å². The van der Waals surface area contributed by atoms with Crippen LogP contribution in [0.3, 0.4) is 0 Å². The molecule has 1 N–H and O–H groups in total. The third kappa shape index (κ3) is 6.23. The molecule has 0 unspecified atom stereocenters. The monoisotopic (exact) mass is 424 g/mol. The molecule has 6 nitrogen and oxygen atoms in total. The SMILES string of the molecule is CC[C@H](C(=O)NC(C)C)N(CCc1ccccc1)C(=O)CCc1ccc2c(c1)OCO2. The molecule has 1 aliphatic rings. The lowest BCUT2D eigenvalue weighted by atomic mass is 10.1. The van der Waals surface area contributed by atoms with E-state index in [1.165, 1.54) is 0 Å². The first kappa shape index (κ1) is 22.7. The van der Waals surface area contributed by atoms with Crippen molar-refractivity contribution in [2.24, 2.45) is 0 Å². The molecule has 0 aliphatic carbocycles. The van der Waals surface area contributed by atoms with E-state index in [-0.39, 0.29) is 24.6 Å². The summed E-state index contributed by atoms with van der Waals surface area (Å²) in [6, 6.07) is 15.4. The number of rotatable bonds is 10. The number of aryl methyl sites for hydroxylation is 1. The molecule has 1 heterocycles. The van der Waals surface area contributed by atoms with Gasteiger partial charge in [0.15, 0.2) is 11.5 Å². The molecule has 6 heteroatoms. The second-order valence-electron chi connectivity index (χ2n) is 8.10. The number of fused-ring (bicyclic) bond motifs is 1. The van der Waals surface area contributed by atoms with E-state index >= 15 is 0 Å². The van der Waals surface area contributed by atoms with Crippen molar-refractivity contribution >= 4 is 11.8 Å². The van der Waals surface area contributed by atoms with Crippen LogP contribution in [0.5, 0.6) is 11.5 Å². The molecule has 0 spiro atoms. The predicted octanol–water partition coefficient (Wildman–Crippen LogP) is 3.72. The fourth-order valence-corrected chi connectivity index (χ4v) is 3.77. The highest BCUT2D eigenvalue weighted by Crippen LogP contribution is 2.32. The van der Waals surface area contributed by atoms with Gasteiger partial charge in [0.2, 0.25) is 18.6 Å². The molecule has 0 aromatic heterocycles. The molecule has 0 radical (unpaired) electrons. The Hall–Kier alpha value is -3.02. The Balaban J connectivity index is 1.70. The summed E-state index contributed by atoms with van der Waals surface area (Å²) in [6.07, 6.45) is 2.20. The lowest BCUT2D eigenvalue weighted by Gasteiger charge is -2.31. The normalized spacial score (nSPS) is 13.2. The van der Waals surface area contributed by atoms with Gasteiger partial charge in [0.25, 0.3) is 0 Å². The van der Waals surface area contributed by atoms with E-state index in [9.17, 15) is 9.59 Å². The van der Waals surface area contributed by atoms with Crippen LogP contribution in [0.4, 0.5) is 0 Å². The van der Waals surface area contributed by atoms with Crippen molar-refractivity contribution < 1.29 is 19.1 Å². The highest BCUT2D eigenvalue weighted by molar-refractivity contribution is 5.87. The Bertz CT molecular complexity index is 882. The van der Waals surface area contributed by atoms with Crippen molar-refractivity contribution in [1.82, 2.24) is 10.2 Å². The number of ether oxygens (including phenoxy) is 2. The standard InChI is InChI=1S/C25H32N2O4/c1-4-21(25(29)26-18(2)3)27(15-14-19-8-6-5-7-9-19)24(28)13-11-20-10-12-22-23(16-20)31-17-30-22/h5-10,12,16,18,21H,4,11,13-15,17H2,1-3H3,(H,26,29)/t21-/m1/s1. The number of carbonyl (C=O) groups is 2. The third-order valence-corrected chi connectivity index (χ3v) is 5.37. The maximum Gasteiger partial charge on any atom is 0.242 e. The van der Waals surface area contributed by atoms with Gasteiger partial charge in [0, 0.05) is 19.0 Å². The molecule has 0 saturated carbocycles. The summed E-state index contributed by atoms with van der Waals surface area (Å²) in [4.78, 5) is 27.8. The number of nitrogens with one attached hydrogen (secondary N) is 1. The molecular weight excluding hydrogens is 392 g/mol. The van der Waals surface area contributed by atoms with E-state index in [2.05, 4.69) is 5.32 Å². The topological polar surface area (TPSA) is 67.9 Å². The Morgan fingerprint density at radius 1 is 1.00 bits per heavy atom. The van der Waals surface area contributed by atoms with Gasteiger partial charge in [0.05, 0.1) is 0 Å². The van der Waals surface area contributed by atoms with Crippen molar-refractivity contribution in [3.8, 4) is 11.5 Å². The quantitative estimate of drug-likeness (QED) is 0.631. The number of hydrogen-bond acceptors (Lipinski definition) is 4. The first-order valence-electron chi connectivity index (χ1n) is 11.0. The summed E-state index contributed by atoms with van der Waals surface area (Å²) in [5.74, 6) is 1.34. The summed E-state index contributed by atoms with van der Waals surface area (Å²) in [5, 5.41) is 2.97. The molecule has 166 valence electrons. The number of nitrogens with zero attached hydrogens (tertiary/aromatic N) is 1. The van der Waals surface area contributed by atoms with Crippen molar-refractivity contribution in [2.75, 3.05) is 13.3 Å². The van der Waals surface area contributed by atoms with Gasteiger partial charge in [-0.25, -0.2) is 0 Å². The smallest absolute Gasteiger partial charge is 0.242 e. The summed E-state index contributed by atoms with van der Waals surface area (Å²) in [7, 11) is 0. The fourth-order valence-electron chi connectivity index (χ4n) is 3.77. The van der Waals surface area contributed by atoms with Crippen molar-refractivity contribution in [3.63, 3.8) is 0 Å².